The van der Waals surface area contributed by atoms with Crippen LogP contribution in [0.25, 0.3) is 10.6 Å². The van der Waals surface area contributed by atoms with Crippen molar-refractivity contribution in [2.45, 2.75) is 49.5 Å². The van der Waals surface area contributed by atoms with Gasteiger partial charge < -0.3 is 15.0 Å². The molecule has 39 heavy (non-hydrogen) atoms. The summed E-state index contributed by atoms with van der Waals surface area (Å²) in [5.41, 5.74) is 1.46. The van der Waals surface area contributed by atoms with E-state index >= 15 is 0 Å². The molecule has 0 radical (unpaired) electrons. The Morgan fingerprint density at radius 3 is 2.72 bits per heavy atom. The van der Waals surface area contributed by atoms with Crippen LogP contribution in [0.4, 0.5) is 30.5 Å². The van der Waals surface area contributed by atoms with Crippen molar-refractivity contribution in [1.29, 1.82) is 0 Å². The lowest BCUT2D eigenvalue weighted by Crippen LogP contribution is -2.44. The molecule has 1 aromatic carbocycles. The number of aromatic nitrogens is 2. The number of ether oxygens (including phenoxy) is 1. The van der Waals surface area contributed by atoms with Crippen LogP contribution in [0.1, 0.15) is 29.3 Å². The van der Waals surface area contributed by atoms with E-state index in [9.17, 15) is 21.6 Å². The fourth-order valence-electron chi connectivity index (χ4n) is 5.65. The molecule has 6 rings (SSSR count). The summed E-state index contributed by atoms with van der Waals surface area (Å²) in [6.45, 7) is 4.11. The van der Waals surface area contributed by atoms with E-state index in [1.54, 1.807) is 0 Å². The number of piperazine rings is 1. The highest BCUT2D eigenvalue weighted by molar-refractivity contribution is 7.91. The summed E-state index contributed by atoms with van der Waals surface area (Å²) in [7, 11) is -1.50. The summed E-state index contributed by atoms with van der Waals surface area (Å²) in [6.07, 6.45) is -2.11. The fraction of sp³-hybridized carbons (Fsp3) is 0.462. The number of likely N-dealkylation sites (N-methyl/N-ethyl adjacent to an activating group) is 1. The summed E-state index contributed by atoms with van der Waals surface area (Å²) < 4.78 is 72.5. The number of nitrogens with one attached hydrogen (secondary N) is 1. The first-order chi connectivity index (χ1) is 18.5. The zero-order chi connectivity index (χ0) is 27.5. The smallest absolute Gasteiger partial charge is 0.375 e. The standard InChI is InChI=1S/C26H28F3N5O3S2/c1-3-15-8-16(34-13-17-9-18(34)12-33(17)2)4-5-20(15)31-25-30-11-19(26(27,28)29)24(32-25)21-10-23-22(38-21)14-37-6-7-39(23,35)36/h4-5,8,10-11,17-18H,3,6-7,9,12-14H2,1-2H3,(H,30,31,32)/t17-,18-/m1/s1. The van der Waals surface area contributed by atoms with Gasteiger partial charge in [0.05, 0.1) is 34.4 Å². The number of rotatable bonds is 5. The van der Waals surface area contributed by atoms with Crippen LogP contribution >= 0.6 is 11.3 Å². The Morgan fingerprint density at radius 2 is 2.03 bits per heavy atom. The largest absolute Gasteiger partial charge is 0.420 e. The maximum Gasteiger partial charge on any atom is 0.420 e. The molecule has 13 heteroatoms. The van der Waals surface area contributed by atoms with Gasteiger partial charge >= 0.3 is 6.18 Å². The van der Waals surface area contributed by atoms with Gasteiger partial charge in [-0.15, -0.1) is 11.3 Å². The second-order valence-electron chi connectivity index (χ2n) is 10.2. The number of nitrogens with zero attached hydrogens (tertiary/aromatic N) is 4. The predicted molar refractivity (Wildman–Crippen MR) is 143 cm³/mol. The number of hydrogen-bond acceptors (Lipinski definition) is 9. The number of aryl methyl sites for hydroxylation is 1. The molecular formula is C26H28F3N5O3S2. The summed E-state index contributed by atoms with van der Waals surface area (Å²) in [5, 5.41) is 3.10. The predicted octanol–water partition coefficient (Wildman–Crippen LogP) is 4.73. The second-order valence-corrected chi connectivity index (χ2v) is 13.4. The van der Waals surface area contributed by atoms with Gasteiger partial charge in [-0.05, 0) is 49.7 Å². The zero-order valence-corrected chi connectivity index (χ0v) is 23.1. The number of anilines is 3. The molecule has 2 atom stereocenters. The number of halogens is 3. The quantitative estimate of drug-likeness (QED) is 0.465. The normalized spacial score (nSPS) is 22.6. The topological polar surface area (TPSA) is 87.7 Å². The van der Waals surface area contributed by atoms with E-state index in [0.29, 0.717) is 29.1 Å². The van der Waals surface area contributed by atoms with Crippen LogP contribution in [-0.2, 0) is 33.8 Å². The fourth-order valence-corrected chi connectivity index (χ4v) is 8.49. The Morgan fingerprint density at radius 1 is 1.21 bits per heavy atom. The Bertz CT molecular complexity index is 1520. The van der Waals surface area contributed by atoms with Gasteiger partial charge in [0.15, 0.2) is 9.84 Å². The minimum absolute atomic E-state index is 0.00463. The third kappa shape index (κ3) is 4.90. The van der Waals surface area contributed by atoms with E-state index in [-0.39, 0.29) is 40.4 Å². The van der Waals surface area contributed by atoms with Crippen molar-refractivity contribution in [2.75, 3.05) is 42.7 Å². The first-order valence-corrected chi connectivity index (χ1v) is 15.2. The van der Waals surface area contributed by atoms with E-state index in [1.165, 1.54) is 6.07 Å². The van der Waals surface area contributed by atoms with Gasteiger partial charge in [-0.1, -0.05) is 6.92 Å². The first-order valence-electron chi connectivity index (χ1n) is 12.8. The monoisotopic (exact) mass is 579 g/mol. The van der Waals surface area contributed by atoms with Gasteiger partial charge in [-0.3, -0.25) is 4.90 Å². The average molecular weight is 580 g/mol. The Kier molecular flexibility index (Phi) is 6.60. The van der Waals surface area contributed by atoms with Crippen LogP contribution in [0, 0.1) is 0 Å². The maximum absolute atomic E-state index is 13.9. The molecule has 3 aliphatic heterocycles. The van der Waals surface area contributed by atoms with Crippen LogP contribution in [-0.4, -0.2) is 67.9 Å². The molecular weight excluding hydrogens is 551 g/mol. The molecule has 208 valence electrons. The summed E-state index contributed by atoms with van der Waals surface area (Å²) in [6, 6.07) is 8.38. The molecule has 3 aromatic rings. The number of benzene rings is 1. The van der Waals surface area contributed by atoms with Crippen molar-refractivity contribution in [3.63, 3.8) is 0 Å². The zero-order valence-electron chi connectivity index (χ0n) is 21.5. The second kappa shape index (κ2) is 9.72. The van der Waals surface area contributed by atoms with Crippen molar-refractivity contribution < 1.29 is 26.3 Å². The first kappa shape index (κ1) is 26.5. The number of fused-ring (bicyclic) bond motifs is 3. The molecule has 2 bridgehead atoms. The van der Waals surface area contributed by atoms with Crippen LogP contribution in [0.5, 0.6) is 0 Å². The van der Waals surface area contributed by atoms with Crippen LogP contribution < -0.4 is 10.2 Å². The Hall–Kier alpha value is -2.74. The van der Waals surface area contributed by atoms with Crippen molar-refractivity contribution in [1.82, 2.24) is 14.9 Å². The lowest BCUT2D eigenvalue weighted by molar-refractivity contribution is -0.137. The van der Waals surface area contributed by atoms with Gasteiger partial charge in [-0.2, -0.15) is 13.2 Å². The van der Waals surface area contributed by atoms with Crippen LogP contribution in [0.15, 0.2) is 35.4 Å². The SMILES string of the molecule is CCc1cc(N2C[C@H]3C[C@@H]2CN3C)ccc1Nc1ncc(C(F)(F)F)c(-c2cc3c(s2)COCCS3(=O)=O)n1. The van der Waals surface area contributed by atoms with E-state index in [0.717, 1.165) is 48.3 Å². The van der Waals surface area contributed by atoms with Crippen molar-refractivity contribution in [3.05, 3.63) is 46.5 Å². The molecule has 2 saturated heterocycles. The molecule has 0 spiro atoms. The van der Waals surface area contributed by atoms with Crippen molar-refractivity contribution in [3.8, 4) is 10.6 Å². The molecule has 8 nitrogen and oxygen atoms in total. The molecule has 2 fully saturated rings. The minimum Gasteiger partial charge on any atom is -0.375 e. The summed E-state index contributed by atoms with van der Waals surface area (Å²) in [4.78, 5) is 13.5. The van der Waals surface area contributed by atoms with Gasteiger partial charge in [-0.25, -0.2) is 18.4 Å². The Balaban J connectivity index is 1.34. The van der Waals surface area contributed by atoms with Gasteiger partial charge in [0.25, 0.3) is 0 Å². The number of sulfone groups is 1. The summed E-state index contributed by atoms with van der Waals surface area (Å²) in [5.74, 6) is -0.213. The highest BCUT2D eigenvalue weighted by Gasteiger charge is 2.41. The number of hydrogen-bond donors (Lipinski definition) is 1. The van der Waals surface area contributed by atoms with Gasteiger partial charge in [0.1, 0.15) is 5.56 Å². The number of alkyl halides is 3. The minimum atomic E-state index is -4.72. The lowest BCUT2D eigenvalue weighted by atomic mass is 10.1. The maximum atomic E-state index is 13.9. The third-order valence-electron chi connectivity index (χ3n) is 7.72. The molecule has 0 aliphatic carbocycles. The van der Waals surface area contributed by atoms with E-state index in [1.807, 2.05) is 19.1 Å². The van der Waals surface area contributed by atoms with Gasteiger partial charge in [0, 0.05) is 47.6 Å². The molecule has 0 amide bonds. The highest BCUT2D eigenvalue weighted by atomic mass is 32.2. The van der Waals surface area contributed by atoms with Crippen molar-refractivity contribution >= 4 is 38.5 Å². The highest BCUT2D eigenvalue weighted by Crippen LogP contribution is 2.42. The lowest BCUT2D eigenvalue weighted by Gasteiger charge is -2.34. The van der Waals surface area contributed by atoms with Crippen LogP contribution in [0.2, 0.25) is 0 Å². The van der Waals surface area contributed by atoms with E-state index < -0.39 is 21.6 Å². The van der Waals surface area contributed by atoms with E-state index in [2.05, 4.69) is 38.2 Å². The molecule has 0 saturated carbocycles. The molecule has 5 heterocycles. The van der Waals surface area contributed by atoms with E-state index in [4.69, 9.17) is 4.74 Å². The Labute approximate surface area is 228 Å². The number of thiophene rings is 1. The molecule has 2 aromatic heterocycles. The molecule has 0 unspecified atom stereocenters. The third-order valence-corrected chi connectivity index (χ3v) is 10.7. The molecule has 1 N–H and O–H groups in total. The molecule has 3 aliphatic rings. The number of likely N-dealkylation sites (tertiary alicyclic amines) is 1. The van der Waals surface area contributed by atoms with Crippen molar-refractivity contribution in [2.24, 2.45) is 0 Å². The summed E-state index contributed by atoms with van der Waals surface area (Å²) >= 11 is 0.948. The van der Waals surface area contributed by atoms with Gasteiger partial charge in [0.2, 0.25) is 5.95 Å². The van der Waals surface area contributed by atoms with Crippen LogP contribution in [0.3, 0.4) is 0 Å². The average Bonchev–Trinajstić information content (AvgIpc) is 3.58.